The number of methoxy groups -OCH3 is 1. The Morgan fingerprint density at radius 2 is 1.78 bits per heavy atom. The number of halogens is 4. The van der Waals surface area contributed by atoms with Crippen molar-refractivity contribution in [3.05, 3.63) is 92.9 Å². The number of ether oxygens (including phenoxy) is 1. The van der Waals surface area contributed by atoms with Gasteiger partial charge >= 0.3 is 17.9 Å². The van der Waals surface area contributed by atoms with Crippen LogP contribution in [-0.4, -0.2) is 28.9 Å². The SMILES string of the molecule is COC(=O)c1cccc(-c2ccc(C(C)C(O)(c3ccc4c(c3)oc(=O)n4C)C(F)(F)F)c(Cl)c2)c1. The first-order valence-electron chi connectivity index (χ1n) is 10.8. The molecule has 0 saturated heterocycles. The maximum Gasteiger partial charge on any atom is 0.422 e. The van der Waals surface area contributed by atoms with E-state index in [1.165, 1.54) is 39.3 Å². The average molecular weight is 520 g/mol. The molecule has 0 fully saturated rings. The lowest BCUT2D eigenvalue weighted by molar-refractivity contribution is -0.274. The van der Waals surface area contributed by atoms with E-state index < -0.39 is 35.0 Å². The topological polar surface area (TPSA) is 81.7 Å². The van der Waals surface area contributed by atoms with Crippen LogP contribution in [0.5, 0.6) is 0 Å². The van der Waals surface area contributed by atoms with Crippen LogP contribution in [-0.2, 0) is 17.4 Å². The van der Waals surface area contributed by atoms with Crippen LogP contribution >= 0.6 is 11.6 Å². The van der Waals surface area contributed by atoms with E-state index in [0.717, 1.165) is 16.7 Å². The highest BCUT2D eigenvalue weighted by Gasteiger charge is 2.59. The Labute approximate surface area is 208 Å². The van der Waals surface area contributed by atoms with Gasteiger partial charge in [-0.05, 0) is 52.6 Å². The minimum absolute atomic E-state index is 0.00142. The first-order valence-corrected chi connectivity index (χ1v) is 11.1. The van der Waals surface area contributed by atoms with Gasteiger partial charge in [0.2, 0.25) is 0 Å². The maximum absolute atomic E-state index is 14.4. The zero-order valence-corrected chi connectivity index (χ0v) is 20.1. The molecular formula is C26H21ClF3NO5. The number of aromatic nitrogens is 1. The largest absolute Gasteiger partial charge is 0.465 e. The van der Waals surface area contributed by atoms with Gasteiger partial charge in [-0.25, -0.2) is 9.59 Å². The average Bonchev–Trinajstić information content (AvgIpc) is 3.14. The lowest BCUT2D eigenvalue weighted by atomic mass is 9.77. The smallest absolute Gasteiger partial charge is 0.422 e. The van der Waals surface area contributed by atoms with Gasteiger partial charge in [-0.1, -0.05) is 48.9 Å². The summed E-state index contributed by atoms with van der Waals surface area (Å²) in [5.41, 5.74) is -2.10. The number of benzene rings is 3. The van der Waals surface area contributed by atoms with Gasteiger partial charge in [-0.15, -0.1) is 0 Å². The second-order valence-electron chi connectivity index (χ2n) is 8.40. The Hall–Kier alpha value is -3.56. The third-order valence-corrected chi connectivity index (χ3v) is 6.70. The van der Waals surface area contributed by atoms with Crippen LogP contribution in [0.4, 0.5) is 13.2 Å². The molecule has 4 aromatic rings. The van der Waals surface area contributed by atoms with Gasteiger partial charge in [0, 0.05) is 18.0 Å². The summed E-state index contributed by atoms with van der Waals surface area (Å²) in [6.07, 6.45) is -5.09. The molecule has 0 aliphatic rings. The van der Waals surface area contributed by atoms with Gasteiger partial charge in [0.05, 0.1) is 18.2 Å². The number of hydrogen-bond acceptors (Lipinski definition) is 5. The second-order valence-corrected chi connectivity index (χ2v) is 8.81. The van der Waals surface area contributed by atoms with E-state index in [-0.39, 0.29) is 21.7 Å². The van der Waals surface area contributed by atoms with Crippen molar-refractivity contribution in [2.75, 3.05) is 7.11 Å². The third kappa shape index (κ3) is 4.18. The molecule has 0 bridgehead atoms. The van der Waals surface area contributed by atoms with Crippen molar-refractivity contribution < 1.29 is 32.2 Å². The summed E-state index contributed by atoms with van der Waals surface area (Å²) >= 11 is 6.43. The number of carbonyl (C=O) groups excluding carboxylic acids is 1. The molecule has 10 heteroatoms. The standard InChI is InChI=1S/C26H21ClF3NO5/c1-14(19-9-7-16(12-20(19)27)15-5-4-6-17(11-15)23(32)35-3)25(34,26(28,29)30)18-8-10-21-22(13-18)36-24(33)31(21)2/h4-14,34H,1-3H3. The zero-order chi connectivity index (χ0) is 26.4. The highest BCUT2D eigenvalue weighted by molar-refractivity contribution is 6.31. The van der Waals surface area contributed by atoms with Gasteiger partial charge < -0.3 is 14.3 Å². The Morgan fingerprint density at radius 3 is 2.42 bits per heavy atom. The lowest BCUT2D eigenvalue weighted by Crippen LogP contribution is -2.46. The van der Waals surface area contributed by atoms with E-state index in [0.29, 0.717) is 16.7 Å². The van der Waals surface area contributed by atoms with E-state index in [4.69, 9.17) is 20.8 Å². The fraction of sp³-hybridized carbons (Fsp3) is 0.231. The molecule has 2 unspecified atom stereocenters. The Morgan fingerprint density at radius 1 is 1.08 bits per heavy atom. The number of alkyl halides is 3. The second kappa shape index (κ2) is 9.15. The van der Waals surface area contributed by atoms with Crippen LogP contribution in [0.2, 0.25) is 5.02 Å². The zero-order valence-electron chi connectivity index (χ0n) is 19.4. The molecule has 4 rings (SSSR count). The molecular weight excluding hydrogens is 499 g/mol. The number of nitrogens with zero attached hydrogens (tertiary/aromatic N) is 1. The van der Waals surface area contributed by atoms with Crippen molar-refractivity contribution in [3.63, 3.8) is 0 Å². The van der Waals surface area contributed by atoms with Crippen LogP contribution in [0, 0.1) is 0 Å². The summed E-state index contributed by atoms with van der Waals surface area (Å²) in [5, 5.41) is 11.1. The van der Waals surface area contributed by atoms with E-state index in [1.54, 1.807) is 30.3 Å². The summed E-state index contributed by atoms with van der Waals surface area (Å²) in [7, 11) is 2.68. The normalized spacial score (nSPS) is 14.4. The maximum atomic E-state index is 14.4. The summed E-state index contributed by atoms with van der Waals surface area (Å²) in [5.74, 6) is -2.80. The molecule has 3 aromatic carbocycles. The summed E-state index contributed by atoms with van der Waals surface area (Å²) in [6, 6.07) is 14.4. The molecule has 6 nitrogen and oxygen atoms in total. The highest BCUT2D eigenvalue weighted by Crippen LogP contribution is 2.50. The molecule has 1 N–H and O–H groups in total. The van der Waals surface area contributed by atoms with Gasteiger partial charge in [-0.3, -0.25) is 4.57 Å². The van der Waals surface area contributed by atoms with Crippen LogP contribution in [0.3, 0.4) is 0 Å². The predicted molar refractivity (Wildman–Crippen MR) is 128 cm³/mol. The quantitative estimate of drug-likeness (QED) is 0.337. The van der Waals surface area contributed by atoms with Crippen molar-refractivity contribution in [2.24, 2.45) is 7.05 Å². The summed E-state index contributed by atoms with van der Waals surface area (Å²) in [4.78, 5) is 23.6. The van der Waals surface area contributed by atoms with Crippen LogP contribution in [0.1, 0.15) is 34.3 Å². The number of hydrogen-bond donors (Lipinski definition) is 1. The summed E-state index contributed by atoms with van der Waals surface area (Å²) < 4.78 is 54.1. The van der Waals surface area contributed by atoms with Crippen molar-refractivity contribution in [1.29, 1.82) is 0 Å². The number of aryl methyl sites for hydroxylation is 1. The molecule has 188 valence electrons. The van der Waals surface area contributed by atoms with Gasteiger partial charge in [-0.2, -0.15) is 13.2 Å². The molecule has 1 heterocycles. The number of esters is 1. The van der Waals surface area contributed by atoms with Gasteiger partial charge in [0.25, 0.3) is 0 Å². The van der Waals surface area contributed by atoms with Crippen LogP contribution in [0.25, 0.3) is 22.2 Å². The number of aliphatic hydroxyl groups is 1. The van der Waals surface area contributed by atoms with Gasteiger partial charge in [0.1, 0.15) is 0 Å². The van der Waals surface area contributed by atoms with E-state index in [9.17, 15) is 27.9 Å². The van der Waals surface area contributed by atoms with E-state index in [2.05, 4.69) is 0 Å². The highest BCUT2D eigenvalue weighted by atomic mass is 35.5. The van der Waals surface area contributed by atoms with E-state index >= 15 is 0 Å². The minimum atomic E-state index is -5.09. The van der Waals surface area contributed by atoms with Crippen LogP contribution < -0.4 is 5.76 Å². The van der Waals surface area contributed by atoms with Crippen molar-refractivity contribution in [2.45, 2.75) is 24.6 Å². The Balaban J connectivity index is 1.78. The Bertz CT molecular complexity index is 1520. The van der Waals surface area contributed by atoms with Crippen molar-refractivity contribution in [1.82, 2.24) is 4.57 Å². The molecule has 0 amide bonds. The molecule has 0 spiro atoms. The lowest BCUT2D eigenvalue weighted by Gasteiger charge is -2.37. The molecule has 0 aliphatic heterocycles. The molecule has 36 heavy (non-hydrogen) atoms. The van der Waals surface area contributed by atoms with Gasteiger partial charge in [0.15, 0.2) is 11.2 Å². The van der Waals surface area contributed by atoms with Crippen molar-refractivity contribution in [3.8, 4) is 11.1 Å². The number of rotatable bonds is 5. The molecule has 0 saturated carbocycles. The first kappa shape index (κ1) is 25.5. The van der Waals surface area contributed by atoms with E-state index in [1.807, 2.05) is 0 Å². The fourth-order valence-corrected chi connectivity index (χ4v) is 4.60. The third-order valence-electron chi connectivity index (χ3n) is 6.38. The molecule has 0 radical (unpaired) electrons. The van der Waals surface area contributed by atoms with Crippen molar-refractivity contribution >= 4 is 28.7 Å². The number of carbonyl (C=O) groups is 1. The molecule has 0 aliphatic carbocycles. The summed E-state index contributed by atoms with van der Waals surface area (Å²) in [6.45, 7) is 1.22. The van der Waals surface area contributed by atoms with Crippen LogP contribution in [0.15, 0.2) is 69.9 Å². The predicted octanol–water partition coefficient (Wildman–Crippen LogP) is 5.79. The number of oxazole rings is 1. The monoisotopic (exact) mass is 519 g/mol. The fourth-order valence-electron chi connectivity index (χ4n) is 4.26. The Kier molecular flexibility index (Phi) is 6.49. The number of fused-ring (bicyclic) bond motifs is 1. The first-order chi connectivity index (χ1) is 16.9. The molecule has 1 aromatic heterocycles. The minimum Gasteiger partial charge on any atom is -0.465 e. The molecule has 2 atom stereocenters.